The monoisotopic (exact) mass is 605 g/mol. The van der Waals surface area contributed by atoms with Crippen LogP contribution in [0.4, 0.5) is 5.69 Å². The summed E-state index contributed by atoms with van der Waals surface area (Å²) in [5, 5.41) is 8.64. The van der Waals surface area contributed by atoms with E-state index < -0.39 is 9.96 Å². The van der Waals surface area contributed by atoms with Crippen molar-refractivity contribution in [3.05, 3.63) is 62.1 Å². The maximum absolute atomic E-state index is 12.5. The van der Waals surface area contributed by atoms with Gasteiger partial charge in [0, 0.05) is 13.7 Å². The summed E-state index contributed by atoms with van der Waals surface area (Å²) >= 11 is 28.7. The van der Waals surface area contributed by atoms with E-state index >= 15 is 0 Å². The van der Waals surface area contributed by atoms with Gasteiger partial charge < -0.3 is 16.0 Å². The van der Waals surface area contributed by atoms with Crippen molar-refractivity contribution in [2.75, 3.05) is 5.32 Å². The highest BCUT2D eigenvalue weighted by molar-refractivity contribution is 14.1. The smallest absolute Gasteiger partial charge is 0.254 e. The Labute approximate surface area is 193 Å². The summed E-state index contributed by atoms with van der Waals surface area (Å²) in [4.78, 5) is 12.5. The number of alkyl halides is 3. The zero-order valence-corrected chi connectivity index (χ0v) is 19.7. The van der Waals surface area contributed by atoms with Gasteiger partial charge in [0.05, 0.1) is 5.56 Å². The summed E-state index contributed by atoms with van der Waals surface area (Å²) in [6.07, 6.45) is -1.04. The highest BCUT2D eigenvalue weighted by Gasteiger charge is 2.35. The van der Waals surface area contributed by atoms with Gasteiger partial charge in [-0.1, -0.05) is 68.9 Å². The van der Waals surface area contributed by atoms with Crippen LogP contribution < -0.4 is 16.0 Å². The molecule has 1 amide bonds. The number of hydrogen-bond acceptors (Lipinski definition) is 2. The Morgan fingerprint density at radius 3 is 2.42 bits per heavy atom. The summed E-state index contributed by atoms with van der Waals surface area (Å²) in [6, 6.07) is 14.5. The Kier molecular flexibility index (Phi) is 8.24. The Morgan fingerprint density at radius 1 is 1.12 bits per heavy atom. The number of thiocarbonyl (C=S) groups is 1. The van der Waals surface area contributed by atoms with Gasteiger partial charge in [-0.05, 0) is 65.1 Å². The van der Waals surface area contributed by atoms with Gasteiger partial charge in [0.15, 0.2) is 5.11 Å². The minimum absolute atomic E-state index is 0.197. The van der Waals surface area contributed by atoms with E-state index in [9.17, 15) is 4.79 Å². The number of carbonyl (C=O) groups is 1. The van der Waals surface area contributed by atoms with Gasteiger partial charge in [-0.2, -0.15) is 0 Å². The molecule has 0 aliphatic carbocycles. The number of nitrogens with one attached hydrogen (secondary N) is 3. The van der Waals surface area contributed by atoms with E-state index in [0.717, 1.165) is 13.7 Å². The topological polar surface area (TPSA) is 53.2 Å². The predicted octanol–water partition coefficient (Wildman–Crippen LogP) is 5.47. The predicted molar refractivity (Wildman–Crippen MR) is 124 cm³/mol. The van der Waals surface area contributed by atoms with Crippen molar-refractivity contribution >= 4 is 102 Å². The third-order valence-electron chi connectivity index (χ3n) is 3.08. The van der Waals surface area contributed by atoms with Crippen molar-refractivity contribution in [1.82, 2.24) is 10.6 Å². The maximum Gasteiger partial charge on any atom is 0.254 e. The molecule has 0 aliphatic heterocycles. The van der Waals surface area contributed by atoms with Gasteiger partial charge in [0.1, 0.15) is 6.17 Å². The van der Waals surface area contributed by atoms with E-state index in [-0.39, 0.29) is 11.0 Å². The molecule has 2 aromatic carbocycles. The average molecular weight is 608 g/mol. The van der Waals surface area contributed by atoms with Gasteiger partial charge in [0.25, 0.3) is 5.91 Å². The number of rotatable bonds is 4. The molecule has 0 saturated heterocycles. The van der Waals surface area contributed by atoms with Crippen molar-refractivity contribution < 1.29 is 4.79 Å². The van der Waals surface area contributed by atoms with Crippen LogP contribution in [0.5, 0.6) is 0 Å². The van der Waals surface area contributed by atoms with Crippen LogP contribution in [0.15, 0.2) is 53.0 Å². The van der Waals surface area contributed by atoms with Gasteiger partial charge in [-0.3, -0.25) is 4.79 Å². The van der Waals surface area contributed by atoms with Gasteiger partial charge in [-0.15, -0.1) is 0 Å². The molecule has 0 saturated carbocycles. The first-order chi connectivity index (χ1) is 12.2. The van der Waals surface area contributed by atoms with Crippen molar-refractivity contribution in [1.29, 1.82) is 0 Å². The van der Waals surface area contributed by atoms with Crippen LogP contribution in [0.3, 0.4) is 0 Å². The minimum Gasteiger partial charge on any atom is -0.339 e. The molecule has 0 radical (unpaired) electrons. The normalized spacial score (nSPS) is 12.2. The summed E-state index contributed by atoms with van der Waals surface area (Å²) in [6.45, 7) is 0. The number of halogens is 5. The molecule has 2 rings (SSSR count). The molecule has 0 spiro atoms. The first kappa shape index (κ1) is 22.0. The fourth-order valence-corrected chi connectivity index (χ4v) is 3.51. The Balaban J connectivity index is 2.09. The van der Waals surface area contributed by atoms with E-state index in [1.54, 1.807) is 12.1 Å². The second kappa shape index (κ2) is 9.75. The number of benzene rings is 2. The molecule has 138 valence electrons. The van der Waals surface area contributed by atoms with Crippen molar-refractivity contribution in [2.24, 2.45) is 0 Å². The van der Waals surface area contributed by atoms with Crippen LogP contribution in [0.25, 0.3) is 0 Å². The second-order valence-electron chi connectivity index (χ2n) is 5.04. The summed E-state index contributed by atoms with van der Waals surface area (Å²) in [7, 11) is 0. The number of carbonyl (C=O) groups excluding carboxylic acids is 1. The average Bonchev–Trinajstić information content (AvgIpc) is 2.53. The molecule has 0 bridgehead atoms. The highest BCUT2D eigenvalue weighted by atomic mass is 127. The summed E-state index contributed by atoms with van der Waals surface area (Å²) in [5.74, 6) is -0.385. The molecular formula is C16H12BrCl3IN3OS. The number of amides is 1. The number of anilines is 1. The maximum atomic E-state index is 12.5. The largest absolute Gasteiger partial charge is 0.339 e. The molecular weight excluding hydrogens is 595 g/mol. The summed E-state index contributed by atoms with van der Waals surface area (Å²) in [5.41, 5.74) is 1.21. The van der Waals surface area contributed by atoms with E-state index in [1.165, 1.54) is 0 Å². The highest BCUT2D eigenvalue weighted by Crippen LogP contribution is 2.29. The summed E-state index contributed by atoms with van der Waals surface area (Å²) < 4.78 is -0.158. The molecule has 0 heterocycles. The fraction of sp³-hybridized carbons (Fsp3) is 0.125. The lowest BCUT2D eigenvalue weighted by Crippen LogP contribution is -2.56. The van der Waals surface area contributed by atoms with E-state index in [1.807, 2.05) is 36.4 Å². The molecule has 0 aliphatic rings. The van der Waals surface area contributed by atoms with Crippen LogP contribution in [-0.4, -0.2) is 21.0 Å². The van der Waals surface area contributed by atoms with E-state index in [0.29, 0.717) is 5.56 Å². The molecule has 0 fully saturated rings. The first-order valence-electron chi connectivity index (χ1n) is 7.12. The quantitative estimate of drug-likeness (QED) is 0.187. The van der Waals surface area contributed by atoms with Crippen LogP contribution in [0.2, 0.25) is 0 Å². The second-order valence-corrected chi connectivity index (χ2v) is 9.89. The third-order valence-corrected chi connectivity index (χ3v) is 5.39. The Morgan fingerprint density at radius 2 is 1.81 bits per heavy atom. The lowest BCUT2D eigenvalue weighted by atomic mass is 10.2. The lowest BCUT2D eigenvalue weighted by Gasteiger charge is -2.28. The zero-order valence-electron chi connectivity index (χ0n) is 12.9. The van der Waals surface area contributed by atoms with E-state index in [4.69, 9.17) is 47.0 Å². The molecule has 4 nitrogen and oxygen atoms in total. The molecule has 26 heavy (non-hydrogen) atoms. The molecule has 3 N–H and O–H groups in total. The SMILES string of the molecule is O=C(N[C@H](NC(=S)Nc1cccc(Br)c1)C(Cl)(Cl)Cl)c1ccccc1I. The minimum atomic E-state index is -1.82. The van der Waals surface area contributed by atoms with Gasteiger partial charge >= 0.3 is 0 Å². The van der Waals surface area contributed by atoms with Crippen molar-refractivity contribution in [3.8, 4) is 0 Å². The molecule has 2 aromatic rings. The van der Waals surface area contributed by atoms with Crippen LogP contribution in [0, 0.1) is 3.57 Å². The first-order valence-corrected chi connectivity index (χ1v) is 10.5. The number of hydrogen-bond donors (Lipinski definition) is 3. The van der Waals surface area contributed by atoms with Crippen LogP contribution >= 0.6 is 85.5 Å². The molecule has 1 atom stereocenters. The van der Waals surface area contributed by atoms with E-state index in [2.05, 4.69) is 54.5 Å². The zero-order chi connectivity index (χ0) is 19.3. The molecule has 0 aromatic heterocycles. The molecule has 0 unspecified atom stereocenters. The standard InChI is InChI=1S/C16H12BrCl3IN3OS/c17-9-4-3-5-10(8-9)22-15(26)24-14(16(18,19)20)23-13(25)11-6-1-2-7-12(11)21/h1-8,14H,(H,23,25)(H2,22,24,26)/t14-/m1/s1. The van der Waals surface area contributed by atoms with Crippen molar-refractivity contribution in [3.63, 3.8) is 0 Å². The van der Waals surface area contributed by atoms with Crippen molar-refractivity contribution in [2.45, 2.75) is 9.96 Å². The van der Waals surface area contributed by atoms with Gasteiger partial charge in [-0.25, -0.2) is 0 Å². The fourth-order valence-electron chi connectivity index (χ4n) is 1.92. The third kappa shape index (κ3) is 6.69. The van der Waals surface area contributed by atoms with Crippen LogP contribution in [-0.2, 0) is 0 Å². The van der Waals surface area contributed by atoms with Gasteiger partial charge in [0.2, 0.25) is 3.79 Å². The lowest BCUT2D eigenvalue weighted by molar-refractivity contribution is 0.0933. The Bertz CT molecular complexity index is 819. The molecule has 10 heteroatoms. The Hall–Kier alpha value is -0.320. The van der Waals surface area contributed by atoms with Crippen LogP contribution in [0.1, 0.15) is 10.4 Å².